The van der Waals surface area contributed by atoms with Crippen molar-refractivity contribution in [2.24, 2.45) is 22.2 Å². The lowest BCUT2D eigenvalue weighted by atomic mass is 10.3. The molecule has 68 valence electrons. The van der Waals surface area contributed by atoms with Crippen LogP contribution in [0.3, 0.4) is 0 Å². The summed E-state index contributed by atoms with van der Waals surface area (Å²) in [5, 5.41) is 0. The normalized spacial score (nSPS) is 22.3. The lowest BCUT2D eigenvalue weighted by Gasteiger charge is -2.10. The van der Waals surface area contributed by atoms with E-state index in [2.05, 4.69) is 4.99 Å². The average Bonchev–Trinajstić information content (AvgIpc) is 2.34. The first-order valence-corrected chi connectivity index (χ1v) is 3.72. The van der Waals surface area contributed by atoms with Gasteiger partial charge in [-0.1, -0.05) is 0 Å². The van der Waals surface area contributed by atoms with E-state index < -0.39 is 6.03 Å². The Hall–Kier alpha value is -1.46. The van der Waals surface area contributed by atoms with Crippen molar-refractivity contribution in [3.63, 3.8) is 0 Å². The van der Waals surface area contributed by atoms with E-state index in [0.717, 1.165) is 6.42 Å². The quantitative estimate of drug-likeness (QED) is 0.327. The minimum Gasteiger partial charge on any atom is -0.370 e. The average molecular weight is 171 g/mol. The number of likely N-dealkylation sites (tertiary alicyclic amines) is 1. The summed E-state index contributed by atoms with van der Waals surface area (Å²) >= 11 is 0. The van der Waals surface area contributed by atoms with Crippen LogP contribution in [-0.4, -0.2) is 36.0 Å². The Morgan fingerprint density at radius 1 is 1.42 bits per heavy atom. The van der Waals surface area contributed by atoms with Gasteiger partial charge in [0.2, 0.25) is 0 Å². The molecule has 1 unspecified atom stereocenters. The van der Waals surface area contributed by atoms with Crippen LogP contribution in [-0.2, 0) is 0 Å². The van der Waals surface area contributed by atoms with Crippen LogP contribution in [0.25, 0.3) is 0 Å². The lowest BCUT2D eigenvalue weighted by Crippen LogP contribution is -2.34. The van der Waals surface area contributed by atoms with Crippen LogP contribution in [0.15, 0.2) is 4.99 Å². The number of aliphatic imine (C=N–C) groups is 1. The first-order chi connectivity index (χ1) is 5.59. The van der Waals surface area contributed by atoms with Gasteiger partial charge in [-0.2, -0.15) is 0 Å². The minimum atomic E-state index is -0.414. The van der Waals surface area contributed by atoms with Gasteiger partial charge in [-0.15, -0.1) is 0 Å². The zero-order valence-corrected chi connectivity index (χ0v) is 6.73. The molecule has 6 nitrogen and oxygen atoms in total. The zero-order valence-electron chi connectivity index (χ0n) is 6.73. The predicted molar refractivity (Wildman–Crippen MR) is 45.4 cm³/mol. The van der Waals surface area contributed by atoms with Crippen molar-refractivity contribution in [1.29, 1.82) is 0 Å². The summed E-state index contributed by atoms with van der Waals surface area (Å²) in [6, 6.07) is -0.397. The van der Waals surface area contributed by atoms with Gasteiger partial charge in [0, 0.05) is 13.1 Å². The molecule has 1 aliphatic heterocycles. The van der Waals surface area contributed by atoms with Gasteiger partial charge in [0.15, 0.2) is 5.96 Å². The fourth-order valence-electron chi connectivity index (χ4n) is 1.26. The van der Waals surface area contributed by atoms with E-state index in [9.17, 15) is 4.79 Å². The molecule has 0 aliphatic carbocycles. The van der Waals surface area contributed by atoms with Gasteiger partial charge in [0.05, 0.1) is 6.04 Å². The molecule has 0 aromatic heterocycles. The standard InChI is InChI=1S/C6H13N5O/c7-5(8)10-4-1-2-11(3-4)6(9)12/h4H,1-3H2,(H2,9,12)(H4,7,8,10). The SMILES string of the molecule is NC(=O)N1CCC(N=C(N)N)C1. The van der Waals surface area contributed by atoms with Gasteiger partial charge in [-0.05, 0) is 6.42 Å². The van der Waals surface area contributed by atoms with Gasteiger partial charge in [-0.3, -0.25) is 0 Å². The van der Waals surface area contributed by atoms with E-state index in [1.54, 1.807) is 0 Å². The maximum Gasteiger partial charge on any atom is 0.314 e. The number of rotatable bonds is 1. The molecule has 1 rings (SSSR count). The van der Waals surface area contributed by atoms with E-state index in [-0.39, 0.29) is 12.0 Å². The molecule has 2 amide bonds. The van der Waals surface area contributed by atoms with E-state index in [1.807, 2.05) is 0 Å². The number of carbonyl (C=O) groups is 1. The molecule has 1 fully saturated rings. The molecule has 0 bridgehead atoms. The number of amides is 2. The minimum absolute atomic E-state index is 0.0162. The summed E-state index contributed by atoms with van der Waals surface area (Å²) in [6.07, 6.45) is 0.779. The highest BCUT2D eigenvalue weighted by atomic mass is 16.2. The Morgan fingerprint density at radius 3 is 2.50 bits per heavy atom. The smallest absolute Gasteiger partial charge is 0.314 e. The molecule has 0 spiro atoms. The van der Waals surface area contributed by atoms with Gasteiger partial charge >= 0.3 is 6.03 Å². The van der Waals surface area contributed by atoms with Crippen LogP contribution in [0.5, 0.6) is 0 Å². The highest BCUT2D eigenvalue weighted by Crippen LogP contribution is 2.11. The number of nitrogens with two attached hydrogens (primary N) is 3. The number of carbonyl (C=O) groups excluding carboxylic acids is 1. The third kappa shape index (κ3) is 2.01. The fourth-order valence-corrected chi connectivity index (χ4v) is 1.26. The van der Waals surface area contributed by atoms with E-state index in [4.69, 9.17) is 17.2 Å². The Kier molecular flexibility index (Phi) is 2.37. The van der Waals surface area contributed by atoms with E-state index in [1.165, 1.54) is 4.90 Å². The molecule has 1 heterocycles. The zero-order chi connectivity index (χ0) is 9.14. The molecular weight excluding hydrogens is 158 g/mol. The van der Waals surface area contributed by atoms with Gasteiger partial charge in [0.1, 0.15) is 0 Å². The summed E-state index contributed by atoms with van der Waals surface area (Å²) in [5.74, 6) is 0.0614. The van der Waals surface area contributed by atoms with Gasteiger partial charge in [-0.25, -0.2) is 9.79 Å². The Labute approximate surface area is 70.4 Å². The molecule has 0 aromatic carbocycles. The molecule has 0 saturated carbocycles. The number of hydrogen-bond donors (Lipinski definition) is 3. The maximum absolute atomic E-state index is 10.7. The van der Waals surface area contributed by atoms with Crippen molar-refractivity contribution in [2.75, 3.05) is 13.1 Å². The second-order valence-electron chi connectivity index (χ2n) is 2.78. The number of primary amides is 1. The third-order valence-corrected chi connectivity index (χ3v) is 1.81. The molecule has 0 aromatic rings. The van der Waals surface area contributed by atoms with Crippen molar-refractivity contribution in [2.45, 2.75) is 12.5 Å². The van der Waals surface area contributed by atoms with Crippen molar-refractivity contribution < 1.29 is 4.79 Å². The molecule has 0 radical (unpaired) electrons. The van der Waals surface area contributed by atoms with Gasteiger partial charge in [0.25, 0.3) is 0 Å². The number of guanidine groups is 1. The fraction of sp³-hybridized carbons (Fsp3) is 0.667. The highest BCUT2D eigenvalue weighted by molar-refractivity contribution is 5.76. The first kappa shape index (κ1) is 8.63. The number of urea groups is 1. The van der Waals surface area contributed by atoms with Crippen molar-refractivity contribution >= 4 is 12.0 Å². The monoisotopic (exact) mass is 171 g/mol. The second kappa shape index (κ2) is 3.29. The predicted octanol–water partition coefficient (Wildman–Crippen LogP) is -1.59. The Morgan fingerprint density at radius 2 is 2.08 bits per heavy atom. The molecule has 6 N–H and O–H groups in total. The van der Waals surface area contributed by atoms with E-state index >= 15 is 0 Å². The first-order valence-electron chi connectivity index (χ1n) is 3.72. The van der Waals surface area contributed by atoms with Crippen LogP contribution in [0.4, 0.5) is 4.79 Å². The highest BCUT2D eigenvalue weighted by Gasteiger charge is 2.23. The number of hydrogen-bond acceptors (Lipinski definition) is 2. The van der Waals surface area contributed by atoms with Crippen LogP contribution in [0.2, 0.25) is 0 Å². The third-order valence-electron chi connectivity index (χ3n) is 1.81. The molecule has 12 heavy (non-hydrogen) atoms. The summed E-state index contributed by atoms with van der Waals surface area (Å²) in [7, 11) is 0. The Balaban J connectivity index is 2.46. The van der Waals surface area contributed by atoms with Gasteiger partial charge < -0.3 is 22.1 Å². The summed E-state index contributed by atoms with van der Waals surface area (Å²) in [5.41, 5.74) is 15.4. The van der Waals surface area contributed by atoms with Crippen molar-refractivity contribution in [3.05, 3.63) is 0 Å². The van der Waals surface area contributed by atoms with Crippen LogP contribution >= 0.6 is 0 Å². The van der Waals surface area contributed by atoms with E-state index in [0.29, 0.717) is 13.1 Å². The lowest BCUT2D eigenvalue weighted by molar-refractivity contribution is 0.218. The summed E-state index contributed by atoms with van der Waals surface area (Å²) in [6.45, 7) is 1.16. The number of nitrogens with zero attached hydrogens (tertiary/aromatic N) is 2. The summed E-state index contributed by atoms with van der Waals surface area (Å²) in [4.78, 5) is 16.1. The van der Waals surface area contributed by atoms with Crippen molar-refractivity contribution in [3.8, 4) is 0 Å². The molecule has 1 saturated heterocycles. The molecule has 1 aliphatic rings. The molecule has 1 atom stereocenters. The molecule has 6 heteroatoms. The van der Waals surface area contributed by atoms with Crippen LogP contribution < -0.4 is 17.2 Å². The Bertz CT molecular complexity index is 210. The van der Waals surface area contributed by atoms with Crippen LogP contribution in [0.1, 0.15) is 6.42 Å². The second-order valence-corrected chi connectivity index (χ2v) is 2.78. The topological polar surface area (TPSA) is 111 Å². The van der Waals surface area contributed by atoms with Crippen LogP contribution in [0, 0.1) is 0 Å². The summed E-state index contributed by atoms with van der Waals surface area (Å²) < 4.78 is 0. The molecular formula is C6H13N5O. The maximum atomic E-state index is 10.7. The largest absolute Gasteiger partial charge is 0.370 e. The van der Waals surface area contributed by atoms with Crippen molar-refractivity contribution in [1.82, 2.24) is 4.90 Å².